The number of carbonyl (C=O) groups excluding carboxylic acids is 2. The van der Waals surface area contributed by atoms with Gasteiger partial charge in [-0.25, -0.2) is 8.78 Å². The van der Waals surface area contributed by atoms with Gasteiger partial charge in [0.05, 0.1) is 16.8 Å². The quantitative estimate of drug-likeness (QED) is 0.400. The van der Waals surface area contributed by atoms with Gasteiger partial charge >= 0.3 is 0 Å². The molecule has 3 aliphatic rings. The van der Waals surface area contributed by atoms with E-state index in [1.54, 1.807) is 13.2 Å². The van der Waals surface area contributed by atoms with Crippen LogP contribution in [-0.2, 0) is 25.6 Å². The number of hydrogen-bond acceptors (Lipinski definition) is 6. The highest BCUT2D eigenvalue weighted by atomic mass is 35.5. The summed E-state index contributed by atoms with van der Waals surface area (Å²) in [4.78, 5) is 37.2. The zero-order valence-corrected chi connectivity index (χ0v) is 24.3. The minimum atomic E-state index is -1.03. The first-order valence-electron chi connectivity index (χ1n) is 14.3. The Balaban J connectivity index is 1.29. The summed E-state index contributed by atoms with van der Waals surface area (Å²) in [6.07, 6.45) is 1.54. The third-order valence-corrected chi connectivity index (χ3v) is 8.65. The third kappa shape index (κ3) is 5.81. The second-order valence-electron chi connectivity index (χ2n) is 10.9. The number of nitrogens with zero attached hydrogens (tertiary/aromatic N) is 3. The van der Waals surface area contributed by atoms with Crippen LogP contribution in [0.15, 0.2) is 65.8 Å². The molecule has 11 heteroatoms. The number of fused-ring (bicyclic) bond motifs is 1. The molecule has 43 heavy (non-hydrogen) atoms. The molecule has 224 valence electrons. The average Bonchev–Trinajstić information content (AvgIpc) is 3.52. The van der Waals surface area contributed by atoms with E-state index in [4.69, 9.17) is 21.2 Å². The zero-order chi connectivity index (χ0) is 30.1. The van der Waals surface area contributed by atoms with E-state index < -0.39 is 35.6 Å². The van der Waals surface area contributed by atoms with Crippen LogP contribution >= 0.6 is 11.6 Å². The van der Waals surface area contributed by atoms with Crippen molar-refractivity contribution in [2.75, 3.05) is 37.0 Å². The van der Waals surface area contributed by atoms with E-state index >= 15 is 0 Å². The number of benzene rings is 3. The molecular formula is C32H31ClF2N4O4. The lowest BCUT2D eigenvalue weighted by Gasteiger charge is -2.40. The summed E-state index contributed by atoms with van der Waals surface area (Å²) in [6.45, 7) is 1.90. The van der Waals surface area contributed by atoms with Crippen LogP contribution in [0, 0.1) is 11.6 Å². The maximum Gasteiger partial charge on any atom is 0.267 e. The van der Waals surface area contributed by atoms with Gasteiger partial charge < -0.3 is 24.7 Å². The normalized spacial score (nSPS) is 20.3. The Bertz CT molecular complexity index is 1560. The van der Waals surface area contributed by atoms with Crippen LogP contribution in [0.2, 0.25) is 5.02 Å². The molecule has 0 unspecified atom stereocenters. The highest BCUT2D eigenvalue weighted by molar-refractivity contribution is 6.31. The van der Waals surface area contributed by atoms with Crippen LogP contribution in [-0.4, -0.2) is 61.4 Å². The molecule has 1 fully saturated rings. The molecule has 2 amide bonds. The molecule has 2 atom stereocenters. The Morgan fingerprint density at radius 3 is 2.51 bits per heavy atom. The van der Waals surface area contributed by atoms with Crippen molar-refractivity contribution in [3.05, 3.63) is 94.0 Å². The summed E-state index contributed by atoms with van der Waals surface area (Å²) in [6, 6.07) is 14.9. The molecule has 3 heterocycles. The SMILES string of the molecule is COC1CCN(c2cccc3c2CCN(C(=O)[C@H]2CC(c4cccc(Cl)c4F)=NO2)[C@H]3C(=O)Nc2ccc(F)cc2)CC1. The molecule has 0 aromatic heterocycles. The number of rotatable bonds is 6. The van der Waals surface area contributed by atoms with Gasteiger partial charge in [-0.3, -0.25) is 9.59 Å². The number of carbonyl (C=O) groups is 2. The summed E-state index contributed by atoms with van der Waals surface area (Å²) in [5, 5.41) is 6.80. The van der Waals surface area contributed by atoms with E-state index in [1.807, 2.05) is 12.1 Å². The topological polar surface area (TPSA) is 83.5 Å². The zero-order valence-electron chi connectivity index (χ0n) is 23.6. The van der Waals surface area contributed by atoms with Gasteiger partial charge in [0.2, 0.25) is 6.10 Å². The highest BCUT2D eigenvalue weighted by Gasteiger charge is 2.42. The van der Waals surface area contributed by atoms with Crippen LogP contribution in [0.25, 0.3) is 0 Å². The lowest BCUT2D eigenvalue weighted by molar-refractivity contribution is -0.148. The predicted molar refractivity (Wildman–Crippen MR) is 159 cm³/mol. The van der Waals surface area contributed by atoms with Gasteiger partial charge in [-0.1, -0.05) is 35.0 Å². The van der Waals surface area contributed by atoms with Crippen molar-refractivity contribution in [2.24, 2.45) is 5.16 Å². The Morgan fingerprint density at radius 1 is 1.02 bits per heavy atom. The maximum atomic E-state index is 14.7. The van der Waals surface area contributed by atoms with Gasteiger partial charge in [0.1, 0.15) is 11.9 Å². The fourth-order valence-electron chi connectivity index (χ4n) is 6.12. The molecular weight excluding hydrogens is 578 g/mol. The molecule has 0 spiro atoms. The van der Waals surface area contributed by atoms with E-state index in [1.165, 1.54) is 41.3 Å². The number of hydrogen-bond donors (Lipinski definition) is 1. The van der Waals surface area contributed by atoms with Gasteiger partial charge in [0, 0.05) is 50.1 Å². The number of piperidine rings is 1. The van der Waals surface area contributed by atoms with Gasteiger partial charge in [-0.05, 0) is 72.9 Å². The van der Waals surface area contributed by atoms with Crippen molar-refractivity contribution in [1.29, 1.82) is 0 Å². The maximum absolute atomic E-state index is 14.7. The second kappa shape index (κ2) is 12.3. The van der Waals surface area contributed by atoms with Crippen LogP contribution in [0.1, 0.15) is 42.0 Å². The largest absolute Gasteiger partial charge is 0.382 e. The van der Waals surface area contributed by atoms with Gasteiger partial charge in [-0.15, -0.1) is 0 Å². The predicted octanol–water partition coefficient (Wildman–Crippen LogP) is 5.49. The van der Waals surface area contributed by atoms with Gasteiger partial charge in [0.15, 0.2) is 5.82 Å². The first kappa shape index (κ1) is 29.1. The summed E-state index contributed by atoms with van der Waals surface area (Å²) in [5.74, 6) is -1.93. The number of methoxy groups -OCH3 is 1. The molecule has 3 aromatic carbocycles. The number of halogens is 3. The van der Waals surface area contributed by atoms with Crippen molar-refractivity contribution in [3.63, 3.8) is 0 Å². The average molecular weight is 609 g/mol. The van der Waals surface area contributed by atoms with Gasteiger partial charge in [0.25, 0.3) is 11.8 Å². The summed E-state index contributed by atoms with van der Waals surface area (Å²) in [7, 11) is 1.73. The Kier molecular flexibility index (Phi) is 8.32. The molecule has 0 saturated carbocycles. The standard InChI is InChI=1S/C32H31ClF2N4O4/c1-42-21-12-15-38(16-13-21)27-7-3-4-23-22(27)14-17-39(30(23)31(40)36-20-10-8-19(34)9-11-20)32(41)28-18-26(37-43-28)24-5-2-6-25(33)29(24)35/h2-11,21,28,30H,12-18H2,1H3,(H,36,40)/t28-,30-/m1/s1. The first-order valence-corrected chi connectivity index (χ1v) is 14.7. The molecule has 3 aromatic rings. The fourth-order valence-corrected chi connectivity index (χ4v) is 6.30. The Morgan fingerprint density at radius 2 is 1.77 bits per heavy atom. The van der Waals surface area contributed by atoms with Crippen LogP contribution < -0.4 is 10.2 Å². The number of nitrogens with one attached hydrogen (secondary N) is 1. The lowest BCUT2D eigenvalue weighted by Crippen LogP contribution is -2.49. The fraction of sp³-hybridized carbons (Fsp3) is 0.344. The van der Waals surface area contributed by atoms with E-state index in [-0.39, 0.29) is 35.4 Å². The van der Waals surface area contributed by atoms with Crippen LogP contribution in [0.3, 0.4) is 0 Å². The molecule has 1 N–H and O–H groups in total. The number of ether oxygens (including phenoxy) is 1. The van der Waals surface area contributed by atoms with E-state index in [9.17, 15) is 18.4 Å². The van der Waals surface area contributed by atoms with Crippen LogP contribution in [0.4, 0.5) is 20.2 Å². The number of amides is 2. The van der Waals surface area contributed by atoms with Crippen molar-refractivity contribution in [3.8, 4) is 0 Å². The van der Waals surface area contributed by atoms with E-state index in [0.717, 1.165) is 37.2 Å². The molecule has 3 aliphatic heterocycles. The smallest absolute Gasteiger partial charge is 0.267 e. The van der Waals surface area contributed by atoms with E-state index in [2.05, 4.69) is 21.4 Å². The monoisotopic (exact) mass is 608 g/mol. The number of oxime groups is 1. The summed E-state index contributed by atoms with van der Waals surface area (Å²) >= 11 is 5.95. The second-order valence-corrected chi connectivity index (χ2v) is 11.3. The highest BCUT2D eigenvalue weighted by Crippen LogP contribution is 2.38. The van der Waals surface area contributed by atoms with Crippen molar-refractivity contribution in [2.45, 2.75) is 43.9 Å². The molecule has 0 aliphatic carbocycles. The molecule has 0 bridgehead atoms. The van der Waals surface area contributed by atoms with Crippen molar-refractivity contribution >= 4 is 40.5 Å². The molecule has 1 saturated heterocycles. The van der Waals surface area contributed by atoms with Crippen molar-refractivity contribution < 1.29 is 27.9 Å². The minimum absolute atomic E-state index is 0.0280. The molecule has 0 radical (unpaired) electrons. The van der Waals surface area contributed by atoms with Crippen LogP contribution in [0.5, 0.6) is 0 Å². The van der Waals surface area contributed by atoms with Gasteiger partial charge in [-0.2, -0.15) is 0 Å². The van der Waals surface area contributed by atoms with E-state index in [0.29, 0.717) is 17.7 Å². The summed E-state index contributed by atoms with van der Waals surface area (Å²) in [5.41, 5.74) is 3.60. The van der Waals surface area contributed by atoms with Crippen molar-refractivity contribution in [1.82, 2.24) is 4.90 Å². The minimum Gasteiger partial charge on any atom is -0.382 e. The summed E-state index contributed by atoms with van der Waals surface area (Å²) < 4.78 is 33.8. The third-order valence-electron chi connectivity index (χ3n) is 8.36. The Hall–Kier alpha value is -4.02. The molecule has 6 rings (SSSR count). The molecule has 8 nitrogen and oxygen atoms in total. The lowest BCUT2D eigenvalue weighted by atomic mass is 9.89. The Labute approximate surface area is 253 Å². The first-order chi connectivity index (χ1) is 20.8. The number of anilines is 2.